The lowest BCUT2D eigenvalue weighted by Crippen LogP contribution is -2.16. The molecule has 0 radical (unpaired) electrons. The zero-order valence-electron chi connectivity index (χ0n) is 10.5. The van der Waals surface area contributed by atoms with Crippen molar-refractivity contribution in [2.24, 2.45) is 0 Å². The fourth-order valence-corrected chi connectivity index (χ4v) is 2.03. The van der Waals surface area contributed by atoms with Crippen molar-refractivity contribution in [3.05, 3.63) is 40.4 Å². The first-order valence-electron chi connectivity index (χ1n) is 5.43. The van der Waals surface area contributed by atoms with E-state index in [0.717, 1.165) is 0 Å². The van der Waals surface area contributed by atoms with Gasteiger partial charge in [0.15, 0.2) is 0 Å². The van der Waals surface area contributed by atoms with Crippen LogP contribution in [0.4, 0.5) is 13.2 Å². The molecule has 2 aromatic rings. The number of nitrogens with one attached hydrogen (secondary N) is 1. The van der Waals surface area contributed by atoms with Crippen LogP contribution in [0.2, 0.25) is 0 Å². The Morgan fingerprint density at radius 3 is 2.43 bits per heavy atom. The molecule has 10 heteroatoms. The number of pyridine rings is 1. The van der Waals surface area contributed by atoms with Crippen molar-refractivity contribution in [3.63, 3.8) is 0 Å². The number of nitrogens with zero attached hydrogens (tertiary/aromatic N) is 2. The third-order valence-corrected chi connectivity index (χ3v) is 3.27. The smallest absolute Gasteiger partial charge is 0.329 e. The number of halogens is 3. The molecule has 0 aliphatic rings. The van der Waals surface area contributed by atoms with Crippen LogP contribution in [0.3, 0.4) is 0 Å². The molecule has 0 atom stereocenters. The SMILES string of the molecule is CS(=O)(=O)c1nc(-c2ccc[nH]c2=O)cc(C(F)(F)F)n1. The average Bonchev–Trinajstić information content (AvgIpc) is 2.36. The van der Waals surface area contributed by atoms with E-state index in [1.54, 1.807) is 0 Å². The minimum atomic E-state index is -4.86. The lowest BCUT2D eigenvalue weighted by Gasteiger charge is -2.09. The van der Waals surface area contributed by atoms with Crippen LogP contribution in [-0.2, 0) is 16.0 Å². The van der Waals surface area contributed by atoms with Crippen molar-refractivity contribution in [1.29, 1.82) is 0 Å². The summed E-state index contributed by atoms with van der Waals surface area (Å²) in [7, 11) is -4.06. The van der Waals surface area contributed by atoms with Crippen molar-refractivity contribution in [1.82, 2.24) is 15.0 Å². The molecule has 6 nitrogen and oxygen atoms in total. The van der Waals surface area contributed by atoms with E-state index in [0.29, 0.717) is 12.3 Å². The third kappa shape index (κ3) is 3.27. The van der Waals surface area contributed by atoms with Crippen molar-refractivity contribution in [3.8, 4) is 11.3 Å². The van der Waals surface area contributed by atoms with Gasteiger partial charge in [0, 0.05) is 12.5 Å². The summed E-state index contributed by atoms with van der Waals surface area (Å²) in [5.41, 5.74) is -2.73. The number of hydrogen-bond donors (Lipinski definition) is 1. The van der Waals surface area contributed by atoms with E-state index in [1.807, 2.05) is 0 Å². The van der Waals surface area contributed by atoms with Gasteiger partial charge in [0.1, 0.15) is 5.69 Å². The van der Waals surface area contributed by atoms with Crippen LogP contribution in [0.1, 0.15) is 5.69 Å². The molecule has 2 aromatic heterocycles. The summed E-state index contributed by atoms with van der Waals surface area (Å²) >= 11 is 0. The molecular formula is C11H8F3N3O3S. The van der Waals surface area contributed by atoms with E-state index in [2.05, 4.69) is 15.0 Å². The van der Waals surface area contributed by atoms with E-state index < -0.39 is 38.1 Å². The molecule has 0 aliphatic carbocycles. The summed E-state index contributed by atoms with van der Waals surface area (Å²) in [6, 6.07) is 3.14. The summed E-state index contributed by atoms with van der Waals surface area (Å²) < 4.78 is 61.1. The van der Waals surface area contributed by atoms with Crippen LogP contribution in [0.5, 0.6) is 0 Å². The van der Waals surface area contributed by atoms with Gasteiger partial charge in [-0.3, -0.25) is 4.79 Å². The second-order valence-corrected chi connectivity index (χ2v) is 6.01. The van der Waals surface area contributed by atoms with Gasteiger partial charge in [0.05, 0.1) is 11.3 Å². The molecule has 0 aromatic carbocycles. The zero-order chi connectivity index (χ0) is 15.8. The minimum absolute atomic E-state index is 0.185. The Labute approximate surface area is 116 Å². The number of rotatable bonds is 2. The Bertz CT molecular complexity index is 844. The van der Waals surface area contributed by atoms with Crippen LogP contribution < -0.4 is 5.56 Å². The van der Waals surface area contributed by atoms with Gasteiger partial charge < -0.3 is 4.98 Å². The quantitative estimate of drug-likeness (QED) is 0.841. The summed E-state index contributed by atoms with van der Waals surface area (Å²) in [6.45, 7) is 0. The zero-order valence-corrected chi connectivity index (χ0v) is 11.3. The maximum atomic E-state index is 12.8. The van der Waals surface area contributed by atoms with E-state index in [1.165, 1.54) is 18.3 Å². The molecule has 0 amide bonds. The van der Waals surface area contributed by atoms with Crippen LogP contribution in [0.25, 0.3) is 11.3 Å². The van der Waals surface area contributed by atoms with Gasteiger partial charge in [-0.15, -0.1) is 0 Å². The highest BCUT2D eigenvalue weighted by molar-refractivity contribution is 7.90. The lowest BCUT2D eigenvalue weighted by molar-refractivity contribution is -0.141. The van der Waals surface area contributed by atoms with Crippen molar-refractivity contribution in [2.75, 3.05) is 6.26 Å². The first-order valence-corrected chi connectivity index (χ1v) is 7.32. The number of H-pyrrole nitrogens is 1. The predicted octanol–water partition coefficient (Wildman–Crippen LogP) is 1.25. The highest BCUT2D eigenvalue weighted by Gasteiger charge is 2.35. The van der Waals surface area contributed by atoms with Crippen LogP contribution in [0.15, 0.2) is 34.3 Å². The Morgan fingerprint density at radius 1 is 1.24 bits per heavy atom. The molecule has 1 N–H and O–H groups in total. The molecule has 21 heavy (non-hydrogen) atoms. The molecule has 2 heterocycles. The molecule has 0 unspecified atom stereocenters. The molecule has 0 bridgehead atoms. The summed E-state index contributed by atoms with van der Waals surface area (Å²) in [4.78, 5) is 20.4. The Hall–Kier alpha value is -2.23. The molecule has 0 spiro atoms. The second kappa shape index (κ2) is 4.95. The number of aromatic amines is 1. The van der Waals surface area contributed by atoms with Crippen molar-refractivity contribution in [2.45, 2.75) is 11.3 Å². The number of sulfone groups is 1. The Kier molecular flexibility index (Phi) is 3.58. The van der Waals surface area contributed by atoms with Crippen LogP contribution in [-0.4, -0.2) is 29.6 Å². The Morgan fingerprint density at radius 2 is 1.90 bits per heavy atom. The number of aromatic nitrogens is 3. The summed E-state index contributed by atoms with van der Waals surface area (Å²) in [5.74, 6) is 0. The minimum Gasteiger partial charge on any atom is -0.329 e. The third-order valence-electron chi connectivity index (χ3n) is 2.42. The first kappa shape index (κ1) is 15.2. The van der Waals surface area contributed by atoms with Gasteiger partial charge in [0.25, 0.3) is 5.56 Å². The summed E-state index contributed by atoms with van der Waals surface area (Å²) in [6.07, 6.45) is -2.89. The lowest BCUT2D eigenvalue weighted by atomic mass is 10.2. The van der Waals surface area contributed by atoms with E-state index in [4.69, 9.17) is 0 Å². The first-order chi connectivity index (χ1) is 9.59. The predicted molar refractivity (Wildman–Crippen MR) is 66.2 cm³/mol. The molecular weight excluding hydrogens is 311 g/mol. The summed E-state index contributed by atoms with van der Waals surface area (Å²) in [5, 5.41) is -0.990. The molecule has 0 saturated heterocycles. The Balaban J connectivity index is 2.79. The van der Waals surface area contributed by atoms with Gasteiger partial charge in [-0.25, -0.2) is 18.4 Å². The topological polar surface area (TPSA) is 92.8 Å². The van der Waals surface area contributed by atoms with Crippen molar-refractivity contribution < 1.29 is 21.6 Å². The van der Waals surface area contributed by atoms with Gasteiger partial charge in [0.2, 0.25) is 15.0 Å². The standard InChI is InChI=1S/C11H8F3N3O3S/c1-21(19,20)10-16-7(5-8(17-10)11(12,13)14)6-3-2-4-15-9(6)18/h2-5H,1H3,(H,15,18). The fourth-order valence-electron chi connectivity index (χ4n) is 1.50. The van der Waals surface area contributed by atoms with Crippen molar-refractivity contribution >= 4 is 9.84 Å². The molecule has 0 saturated carbocycles. The van der Waals surface area contributed by atoms with E-state index in [-0.39, 0.29) is 5.56 Å². The average molecular weight is 319 g/mol. The number of alkyl halides is 3. The van der Waals surface area contributed by atoms with Gasteiger partial charge in [-0.2, -0.15) is 13.2 Å². The largest absolute Gasteiger partial charge is 0.433 e. The normalized spacial score (nSPS) is 12.4. The molecule has 112 valence electrons. The second-order valence-electron chi connectivity index (χ2n) is 4.10. The molecule has 0 aliphatic heterocycles. The van der Waals surface area contributed by atoms with Gasteiger partial charge in [-0.05, 0) is 18.2 Å². The number of hydrogen-bond acceptors (Lipinski definition) is 5. The molecule has 0 fully saturated rings. The van der Waals surface area contributed by atoms with Gasteiger partial charge >= 0.3 is 6.18 Å². The maximum absolute atomic E-state index is 12.8. The van der Waals surface area contributed by atoms with E-state index in [9.17, 15) is 26.4 Å². The van der Waals surface area contributed by atoms with Gasteiger partial charge in [-0.1, -0.05) is 0 Å². The monoisotopic (exact) mass is 319 g/mol. The molecule has 2 rings (SSSR count). The maximum Gasteiger partial charge on any atom is 0.433 e. The van der Waals surface area contributed by atoms with E-state index >= 15 is 0 Å². The van der Waals surface area contributed by atoms with Crippen LogP contribution >= 0.6 is 0 Å². The van der Waals surface area contributed by atoms with Crippen LogP contribution in [0, 0.1) is 0 Å². The highest BCUT2D eigenvalue weighted by atomic mass is 32.2. The highest BCUT2D eigenvalue weighted by Crippen LogP contribution is 2.30. The fraction of sp³-hybridized carbons (Fsp3) is 0.182.